The fraction of sp³-hybridized carbons (Fsp3) is 0.429. The van der Waals surface area contributed by atoms with Crippen LogP contribution in [0.5, 0.6) is 0 Å². The van der Waals surface area contributed by atoms with E-state index in [9.17, 15) is 0 Å². The van der Waals surface area contributed by atoms with Crippen molar-refractivity contribution in [1.29, 1.82) is 0 Å². The lowest BCUT2D eigenvalue weighted by Gasteiger charge is -1.90. The maximum Gasteiger partial charge on any atom is 0.0340 e. The molecule has 8 heavy (non-hydrogen) atoms. The van der Waals surface area contributed by atoms with E-state index >= 15 is 0 Å². The molecule has 1 aliphatic rings. The molecule has 0 atom stereocenters. The van der Waals surface area contributed by atoms with Crippen LogP contribution in [0.25, 0.3) is 0 Å². The highest BCUT2D eigenvalue weighted by molar-refractivity contribution is 6.22. The van der Waals surface area contributed by atoms with E-state index in [1.54, 1.807) is 5.20 Å². The Balaban J connectivity index is 2.79. The van der Waals surface area contributed by atoms with Crippen molar-refractivity contribution < 1.29 is 0 Å². The molecule has 0 aromatic heterocycles. The molecule has 1 aliphatic carbocycles. The lowest BCUT2D eigenvalue weighted by atomic mass is 10.3. The van der Waals surface area contributed by atoms with Crippen molar-refractivity contribution in [3.63, 3.8) is 0 Å². The Morgan fingerprint density at radius 3 is 2.25 bits per heavy atom. The third kappa shape index (κ3) is 0.919. The Hall–Kier alpha value is -0.303. The molecule has 0 heterocycles. The summed E-state index contributed by atoms with van der Waals surface area (Å²) < 4.78 is 0. The quantitative estimate of drug-likeness (QED) is 0.422. The molecule has 0 aromatic rings. The van der Waals surface area contributed by atoms with E-state index in [0.29, 0.717) is 0 Å². The van der Waals surface area contributed by atoms with E-state index in [4.69, 9.17) is 0 Å². The lowest BCUT2D eigenvalue weighted by molar-refractivity contribution is 1.23. The highest BCUT2D eigenvalue weighted by Gasteiger charge is 2.02. The van der Waals surface area contributed by atoms with Crippen molar-refractivity contribution in [3.05, 3.63) is 22.4 Å². The molecule has 1 rings (SSSR count). The summed E-state index contributed by atoms with van der Waals surface area (Å²) in [6.07, 6.45) is 3.56. The second-order valence-electron chi connectivity index (χ2n) is 2.63. The van der Waals surface area contributed by atoms with Gasteiger partial charge in [-0.3, -0.25) is 0 Å². The van der Waals surface area contributed by atoms with Crippen molar-refractivity contribution >= 4 is 10.2 Å². The van der Waals surface area contributed by atoms with Gasteiger partial charge in [0, 0.05) is 10.2 Å². The molecular formula is C7H12Si. The van der Waals surface area contributed by atoms with Crippen LogP contribution in [0.3, 0.4) is 0 Å². The van der Waals surface area contributed by atoms with Gasteiger partial charge in [0.05, 0.1) is 0 Å². The first-order valence-electron chi connectivity index (χ1n) is 3.03. The van der Waals surface area contributed by atoms with Gasteiger partial charge in [-0.25, -0.2) is 0 Å². The van der Waals surface area contributed by atoms with Gasteiger partial charge in [-0.2, -0.15) is 0 Å². The lowest BCUT2D eigenvalue weighted by Crippen LogP contribution is -1.77. The van der Waals surface area contributed by atoms with Gasteiger partial charge in [-0.1, -0.05) is 22.4 Å². The molecular weight excluding hydrogens is 112 g/mol. The third-order valence-corrected chi connectivity index (χ3v) is 2.82. The Morgan fingerprint density at radius 2 is 2.12 bits per heavy atom. The maximum absolute atomic E-state index is 2.29. The minimum atomic E-state index is 1.25. The van der Waals surface area contributed by atoms with Crippen LogP contribution in [-0.2, 0) is 0 Å². The average molecular weight is 124 g/mol. The number of allylic oxidation sites excluding steroid dienone is 4. The average Bonchev–Trinajstić information content (AvgIpc) is 1.85. The molecule has 0 saturated heterocycles. The van der Waals surface area contributed by atoms with Crippen molar-refractivity contribution in [1.82, 2.24) is 0 Å². The number of hydrogen-bond donors (Lipinski definition) is 0. The fourth-order valence-corrected chi connectivity index (χ4v) is 1.80. The molecule has 0 spiro atoms. The van der Waals surface area contributed by atoms with Crippen LogP contribution >= 0.6 is 0 Å². The predicted octanol–water partition coefficient (Wildman–Crippen LogP) is 0.976. The summed E-state index contributed by atoms with van der Waals surface area (Å²) in [7, 11) is 1.25. The second-order valence-corrected chi connectivity index (χ2v) is 3.84. The highest BCUT2D eigenvalue weighted by atomic mass is 28.1. The summed E-state index contributed by atoms with van der Waals surface area (Å²) in [6.45, 7) is 4.41. The third-order valence-electron chi connectivity index (χ3n) is 1.68. The first kappa shape index (κ1) is 5.83. The Morgan fingerprint density at radius 1 is 1.50 bits per heavy atom. The normalized spacial score (nSPS) is 20.0. The van der Waals surface area contributed by atoms with Gasteiger partial charge >= 0.3 is 0 Å². The number of hydrogen-bond acceptors (Lipinski definition) is 0. The summed E-state index contributed by atoms with van der Waals surface area (Å²) in [4.78, 5) is 0. The smallest absolute Gasteiger partial charge is 0.0340 e. The van der Waals surface area contributed by atoms with Gasteiger partial charge in [0.1, 0.15) is 0 Å². The number of rotatable bonds is 0. The molecule has 44 valence electrons. The standard InChI is InChI=1S/C7H12Si/c1-5-3-6(2)7(8)4-5/h3H,4H2,1-2,8H3. The van der Waals surface area contributed by atoms with Crippen LogP contribution in [0.15, 0.2) is 22.4 Å². The van der Waals surface area contributed by atoms with Crippen LogP contribution in [0.2, 0.25) is 0 Å². The largest absolute Gasteiger partial charge is 0.0850 e. The Bertz CT molecular complexity index is 163. The zero-order valence-corrected chi connectivity index (χ0v) is 7.78. The summed E-state index contributed by atoms with van der Waals surface area (Å²) >= 11 is 0. The molecule has 1 heteroatoms. The van der Waals surface area contributed by atoms with Gasteiger partial charge < -0.3 is 0 Å². The molecule has 0 bridgehead atoms. The predicted molar refractivity (Wildman–Crippen MR) is 41.0 cm³/mol. The highest BCUT2D eigenvalue weighted by Crippen LogP contribution is 2.21. The molecule has 0 N–H and O–H groups in total. The second kappa shape index (κ2) is 1.90. The molecule has 0 radical (unpaired) electrons. The summed E-state index contributed by atoms with van der Waals surface area (Å²) in [6, 6.07) is 0. The zero-order chi connectivity index (χ0) is 6.15. The molecule has 0 aliphatic heterocycles. The molecule has 0 aromatic carbocycles. The minimum Gasteiger partial charge on any atom is -0.0850 e. The summed E-state index contributed by atoms with van der Waals surface area (Å²) in [5.74, 6) is 0. The fourth-order valence-electron chi connectivity index (χ4n) is 1.10. The van der Waals surface area contributed by atoms with E-state index in [-0.39, 0.29) is 0 Å². The Kier molecular flexibility index (Phi) is 1.38. The summed E-state index contributed by atoms with van der Waals surface area (Å²) in [5, 5.41) is 1.67. The van der Waals surface area contributed by atoms with Gasteiger partial charge in [0.15, 0.2) is 0 Å². The zero-order valence-electron chi connectivity index (χ0n) is 5.78. The molecule has 0 saturated carbocycles. The first-order valence-corrected chi connectivity index (χ1v) is 4.03. The monoisotopic (exact) mass is 124 g/mol. The van der Waals surface area contributed by atoms with Crippen molar-refractivity contribution in [2.75, 3.05) is 0 Å². The molecule has 0 nitrogen and oxygen atoms in total. The van der Waals surface area contributed by atoms with Crippen LogP contribution in [-0.4, -0.2) is 10.2 Å². The molecule has 0 fully saturated rings. The summed E-state index contributed by atoms with van der Waals surface area (Å²) in [5.41, 5.74) is 3.06. The molecule has 0 amide bonds. The van der Waals surface area contributed by atoms with E-state index in [0.717, 1.165) is 0 Å². The van der Waals surface area contributed by atoms with E-state index in [1.165, 1.54) is 27.8 Å². The van der Waals surface area contributed by atoms with Crippen LogP contribution in [0, 0.1) is 0 Å². The maximum atomic E-state index is 2.29. The van der Waals surface area contributed by atoms with Gasteiger partial charge in [0.2, 0.25) is 0 Å². The van der Waals surface area contributed by atoms with Crippen LogP contribution in [0.1, 0.15) is 20.3 Å². The van der Waals surface area contributed by atoms with Gasteiger partial charge in [0.25, 0.3) is 0 Å². The molecule has 0 unspecified atom stereocenters. The van der Waals surface area contributed by atoms with Gasteiger partial charge in [-0.15, -0.1) is 0 Å². The van der Waals surface area contributed by atoms with Gasteiger partial charge in [-0.05, 0) is 20.3 Å². The topological polar surface area (TPSA) is 0 Å². The SMILES string of the molecule is CC1=CC(C)=C([SiH3])C1. The van der Waals surface area contributed by atoms with E-state index in [1.807, 2.05) is 0 Å². The minimum absolute atomic E-state index is 1.25. The Labute approximate surface area is 53.7 Å². The van der Waals surface area contributed by atoms with Crippen molar-refractivity contribution in [2.45, 2.75) is 20.3 Å². The van der Waals surface area contributed by atoms with Crippen LogP contribution in [0.4, 0.5) is 0 Å². The van der Waals surface area contributed by atoms with E-state index in [2.05, 4.69) is 19.9 Å². The first-order chi connectivity index (χ1) is 3.70. The van der Waals surface area contributed by atoms with Crippen molar-refractivity contribution in [2.24, 2.45) is 0 Å². The van der Waals surface area contributed by atoms with Crippen molar-refractivity contribution in [3.8, 4) is 0 Å². The van der Waals surface area contributed by atoms with Crippen LogP contribution < -0.4 is 0 Å². The van der Waals surface area contributed by atoms with E-state index < -0.39 is 0 Å².